The van der Waals surface area contributed by atoms with Gasteiger partial charge in [0.1, 0.15) is 12.1 Å². The molecule has 2 aliphatic rings. The summed E-state index contributed by atoms with van der Waals surface area (Å²) in [5.74, 6) is -0.364. The van der Waals surface area contributed by atoms with E-state index < -0.39 is 17.6 Å². The van der Waals surface area contributed by atoms with Gasteiger partial charge in [-0.1, -0.05) is 81.4 Å². The van der Waals surface area contributed by atoms with E-state index >= 15 is 0 Å². The Hall–Kier alpha value is -3.68. The number of ether oxygens (including phenoxy) is 1. The van der Waals surface area contributed by atoms with Crippen LogP contribution in [0.5, 0.6) is 0 Å². The highest BCUT2D eigenvalue weighted by Crippen LogP contribution is 2.53. The van der Waals surface area contributed by atoms with Crippen molar-refractivity contribution in [2.24, 2.45) is 10.8 Å². The molecule has 0 spiro atoms. The summed E-state index contributed by atoms with van der Waals surface area (Å²) in [5, 5.41) is 16.4. The smallest absolute Gasteiger partial charge is 0.407 e. The highest BCUT2D eigenvalue weighted by atomic mass is 16.5. The average Bonchev–Trinajstić information content (AvgIpc) is 3.43. The molecule has 8 heteroatoms. The van der Waals surface area contributed by atoms with Crippen LogP contribution in [0, 0.1) is 10.8 Å². The lowest BCUT2D eigenvalue weighted by molar-refractivity contribution is -0.137. The lowest BCUT2D eigenvalue weighted by Crippen LogP contribution is -2.55. The topological polar surface area (TPSA) is 115 Å². The number of rotatable bonds is 7. The van der Waals surface area contributed by atoms with E-state index in [9.17, 15) is 9.59 Å². The molecule has 8 nitrogen and oxygen atoms in total. The number of alkyl carbamates (subject to hydrolysis) is 1. The maximum atomic E-state index is 13.4. The molecule has 200 valence electrons. The Morgan fingerprint density at radius 2 is 1.55 bits per heavy atom. The minimum absolute atomic E-state index is 0.0452. The first-order chi connectivity index (χ1) is 18.0. The van der Waals surface area contributed by atoms with Crippen molar-refractivity contribution < 1.29 is 24.0 Å². The van der Waals surface area contributed by atoms with Gasteiger partial charge in [0.15, 0.2) is 5.82 Å². The number of aliphatic carboxylic acids is 1. The van der Waals surface area contributed by atoms with Crippen molar-refractivity contribution in [2.75, 3.05) is 6.61 Å². The van der Waals surface area contributed by atoms with Crippen LogP contribution in [0.15, 0.2) is 53.1 Å². The molecule has 0 unspecified atom stereocenters. The third-order valence-electron chi connectivity index (χ3n) is 7.65. The fraction of sp³-hybridized carbons (Fsp3) is 0.467. The Morgan fingerprint density at radius 3 is 2.13 bits per heavy atom. The van der Waals surface area contributed by atoms with Gasteiger partial charge in [0.2, 0.25) is 5.89 Å². The molecule has 1 aromatic heterocycles. The fourth-order valence-corrected chi connectivity index (χ4v) is 7.01. The lowest BCUT2D eigenvalue weighted by atomic mass is 9.58. The number of hydrogen-bond donors (Lipinski definition) is 2. The molecule has 5 rings (SSSR count). The van der Waals surface area contributed by atoms with E-state index in [2.05, 4.69) is 67.4 Å². The standard InChI is InChI=1S/C30H35N3O5/c1-28(2)16-29(3,4)18-30(17-28,26-31-24(38-33-26)13-14-25(34)35)32-27(36)37-15-23-21-11-7-5-9-19(21)20-10-6-8-12-22(20)23/h5-12,23H,13-18H2,1-4H3,(H,32,36)(H,34,35). The summed E-state index contributed by atoms with van der Waals surface area (Å²) >= 11 is 0. The second-order valence-electron chi connectivity index (χ2n) is 12.3. The van der Waals surface area contributed by atoms with E-state index in [1.165, 1.54) is 11.1 Å². The molecular weight excluding hydrogens is 482 g/mol. The lowest BCUT2D eigenvalue weighted by Gasteiger charge is -2.50. The molecule has 3 aromatic rings. The van der Waals surface area contributed by atoms with Crippen LogP contribution in [0.4, 0.5) is 4.79 Å². The zero-order valence-electron chi connectivity index (χ0n) is 22.4. The predicted octanol–water partition coefficient (Wildman–Crippen LogP) is 6.06. The van der Waals surface area contributed by atoms with Crippen LogP contribution in [0.1, 0.15) is 82.1 Å². The van der Waals surface area contributed by atoms with E-state index in [0.717, 1.165) is 17.5 Å². The molecule has 0 radical (unpaired) electrons. The van der Waals surface area contributed by atoms with Crippen molar-refractivity contribution in [2.45, 2.75) is 71.3 Å². The van der Waals surface area contributed by atoms with Crippen LogP contribution in [0.3, 0.4) is 0 Å². The number of carboxylic acids is 1. The van der Waals surface area contributed by atoms with Gasteiger partial charge in [-0.25, -0.2) is 4.79 Å². The molecule has 0 saturated heterocycles. The number of nitrogens with one attached hydrogen (secondary N) is 1. The molecule has 1 fully saturated rings. The highest BCUT2D eigenvalue weighted by molar-refractivity contribution is 5.79. The number of carbonyl (C=O) groups excluding carboxylic acids is 1. The van der Waals surface area contributed by atoms with Gasteiger partial charge in [0.05, 0.1) is 6.42 Å². The largest absolute Gasteiger partial charge is 0.481 e. The number of carbonyl (C=O) groups is 2. The van der Waals surface area contributed by atoms with Gasteiger partial charge in [-0.2, -0.15) is 4.98 Å². The van der Waals surface area contributed by atoms with Gasteiger partial charge in [-0.05, 0) is 52.3 Å². The van der Waals surface area contributed by atoms with Gasteiger partial charge < -0.3 is 19.7 Å². The first-order valence-electron chi connectivity index (χ1n) is 13.2. The second-order valence-corrected chi connectivity index (χ2v) is 12.3. The summed E-state index contributed by atoms with van der Waals surface area (Å²) < 4.78 is 11.3. The normalized spacial score (nSPS) is 18.8. The van der Waals surface area contributed by atoms with Crippen LogP contribution >= 0.6 is 0 Å². The van der Waals surface area contributed by atoms with Gasteiger partial charge in [0.25, 0.3) is 0 Å². The number of carboxylic acid groups (broad SMARTS) is 1. The molecule has 38 heavy (non-hydrogen) atoms. The minimum Gasteiger partial charge on any atom is -0.481 e. The molecular formula is C30H35N3O5. The van der Waals surface area contributed by atoms with Crippen LogP contribution in [-0.4, -0.2) is 33.9 Å². The Kier molecular flexibility index (Phi) is 6.53. The monoisotopic (exact) mass is 517 g/mol. The molecule has 0 bridgehead atoms. The number of benzene rings is 2. The molecule has 0 aliphatic heterocycles. The number of amides is 1. The summed E-state index contributed by atoms with van der Waals surface area (Å²) in [6.45, 7) is 8.90. The van der Waals surface area contributed by atoms with Crippen molar-refractivity contribution in [1.29, 1.82) is 0 Å². The Bertz CT molecular complexity index is 1300. The molecule has 2 N–H and O–H groups in total. The maximum Gasteiger partial charge on any atom is 0.407 e. The Morgan fingerprint density at radius 1 is 0.974 bits per heavy atom. The molecule has 1 saturated carbocycles. The Balaban J connectivity index is 1.39. The van der Waals surface area contributed by atoms with Crippen molar-refractivity contribution in [3.8, 4) is 11.1 Å². The highest BCUT2D eigenvalue weighted by Gasteiger charge is 2.52. The van der Waals surface area contributed by atoms with E-state index in [0.29, 0.717) is 18.7 Å². The SMILES string of the molecule is CC1(C)CC(C)(C)CC(NC(=O)OCC2c3ccccc3-c3ccccc32)(c2noc(CCC(=O)O)n2)C1. The summed E-state index contributed by atoms with van der Waals surface area (Å²) in [7, 11) is 0. The molecule has 2 aromatic carbocycles. The molecule has 2 aliphatic carbocycles. The second kappa shape index (κ2) is 9.57. The van der Waals surface area contributed by atoms with Crippen LogP contribution < -0.4 is 5.32 Å². The van der Waals surface area contributed by atoms with Crippen molar-refractivity contribution in [1.82, 2.24) is 15.5 Å². The maximum absolute atomic E-state index is 13.4. The van der Waals surface area contributed by atoms with Crippen molar-refractivity contribution >= 4 is 12.1 Å². The Labute approximate surface area is 222 Å². The quantitative estimate of drug-likeness (QED) is 0.392. The number of fused-ring (bicyclic) bond motifs is 3. The van der Waals surface area contributed by atoms with Crippen LogP contribution in [-0.2, 0) is 21.5 Å². The summed E-state index contributed by atoms with van der Waals surface area (Å²) in [4.78, 5) is 29.0. The van der Waals surface area contributed by atoms with E-state index in [1.807, 2.05) is 24.3 Å². The number of hydrogen-bond acceptors (Lipinski definition) is 6. The van der Waals surface area contributed by atoms with E-state index in [1.54, 1.807) is 0 Å². The average molecular weight is 518 g/mol. The molecule has 0 atom stereocenters. The van der Waals surface area contributed by atoms with Gasteiger partial charge >= 0.3 is 12.1 Å². The van der Waals surface area contributed by atoms with Crippen molar-refractivity contribution in [3.05, 3.63) is 71.4 Å². The number of aryl methyl sites for hydroxylation is 1. The number of aromatic nitrogens is 2. The van der Waals surface area contributed by atoms with E-state index in [4.69, 9.17) is 14.4 Å². The summed E-state index contributed by atoms with van der Waals surface area (Å²) in [6, 6.07) is 16.5. The zero-order valence-corrected chi connectivity index (χ0v) is 22.4. The number of nitrogens with zero attached hydrogens (tertiary/aromatic N) is 2. The summed E-state index contributed by atoms with van der Waals surface area (Å²) in [5.41, 5.74) is 3.52. The van der Waals surface area contributed by atoms with Gasteiger partial charge in [-0.15, -0.1) is 0 Å². The first-order valence-corrected chi connectivity index (χ1v) is 13.2. The van der Waals surface area contributed by atoms with Crippen LogP contribution in [0.25, 0.3) is 11.1 Å². The summed E-state index contributed by atoms with van der Waals surface area (Å²) in [6.07, 6.45) is 1.67. The van der Waals surface area contributed by atoms with E-state index in [-0.39, 0.29) is 42.1 Å². The van der Waals surface area contributed by atoms with Gasteiger partial charge in [0, 0.05) is 12.3 Å². The predicted molar refractivity (Wildman–Crippen MR) is 142 cm³/mol. The first kappa shape index (κ1) is 25.9. The zero-order chi connectivity index (χ0) is 27.1. The fourth-order valence-electron chi connectivity index (χ4n) is 7.01. The van der Waals surface area contributed by atoms with Crippen LogP contribution in [0.2, 0.25) is 0 Å². The van der Waals surface area contributed by atoms with Gasteiger partial charge in [-0.3, -0.25) is 4.79 Å². The third kappa shape index (κ3) is 5.17. The minimum atomic E-state index is -0.934. The molecule has 1 heterocycles. The third-order valence-corrected chi connectivity index (χ3v) is 7.65. The van der Waals surface area contributed by atoms with Crippen molar-refractivity contribution in [3.63, 3.8) is 0 Å². The molecule has 1 amide bonds.